The highest BCUT2D eigenvalue weighted by molar-refractivity contribution is 5.91. The number of unbranched alkanes of at least 4 members (excludes halogenated alkanes) is 2. The third-order valence-electron chi connectivity index (χ3n) is 5.49. The number of hydrogen-bond acceptors (Lipinski definition) is 4. The van der Waals surface area contributed by atoms with Crippen LogP contribution in [0, 0.1) is 0 Å². The largest absolute Gasteiger partial charge is 0.368 e. The molecule has 1 aliphatic heterocycles. The Bertz CT molecular complexity index is 816. The van der Waals surface area contributed by atoms with Crippen LogP contribution >= 0.6 is 0 Å². The Kier molecular flexibility index (Phi) is 8.91. The van der Waals surface area contributed by atoms with E-state index in [9.17, 15) is 9.59 Å². The Hall–Kier alpha value is -2.86. The summed E-state index contributed by atoms with van der Waals surface area (Å²) in [5.74, 6) is 0.111. The fraction of sp³-hybridized carbons (Fsp3) is 0.440. The van der Waals surface area contributed by atoms with Crippen molar-refractivity contribution in [1.29, 1.82) is 0 Å². The van der Waals surface area contributed by atoms with E-state index in [4.69, 9.17) is 4.74 Å². The molecule has 1 N–H and O–H groups in total. The molecule has 31 heavy (non-hydrogen) atoms. The quantitative estimate of drug-likeness (QED) is 0.585. The molecule has 2 amide bonds. The van der Waals surface area contributed by atoms with Gasteiger partial charge in [-0.25, -0.2) is 0 Å². The van der Waals surface area contributed by atoms with Gasteiger partial charge in [0.15, 0.2) is 0 Å². The molecule has 2 aromatic carbocycles. The number of nitrogens with one attached hydrogen (secondary N) is 1. The number of amides is 2. The number of hydrogen-bond donors (Lipinski definition) is 1. The summed E-state index contributed by atoms with van der Waals surface area (Å²) in [5, 5.41) is 2.87. The molecular formula is C25H33N3O3. The molecule has 3 rings (SSSR count). The topological polar surface area (TPSA) is 61.9 Å². The van der Waals surface area contributed by atoms with E-state index in [0.717, 1.165) is 62.4 Å². The number of rotatable bonds is 10. The molecule has 166 valence electrons. The van der Waals surface area contributed by atoms with Crippen LogP contribution < -0.4 is 10.2 Å². The van der Waals surface area contributed by atoms with Crippen molar-refractivity contribution in [3.8, 4) is 0 Å². The highest BCUT2D eigenvalue weighted by Crippen LogP contribution is 2.20. The second kappa shape index (κ2) is 12.1. The van der Waals surface area contributed by atoms with Gasteiger partial charge in [-0.3, -0.25) is 9.59 Å². The zero-order valence-electron chi connectivity index (χ0n) is 18.4. The van der Waals surface area contributed by atoms with Crippen LogP contribution in [0.5, 0.6) is 0 Å². The lowest BCUT2D eigenvalue weighted by molar-refractivity contribution is -0.131. The van der Waals surface area contributed by atoms with E-state index in [1.807, 2.05) is 59.5 Å². The van der Waals surface area contributed by atoms with Crippen molar-refractivity contribution in [1.82, 2.24) is 4.90 Å². The maximum atomic E-state index is 12.3. The van der Waals surface area contributed by atoms with E-state index in [0.29, 0.717) is 13.0 Å². The monoisotopic (exact) mass is 423 g/mol. The fourth-order valence-electron chi connectivity index (χ4n) is 3.69. The first-order valence-electron chi connectivity index (χ1n) is 11.2. The van der Waals surface area contributed by atoms with E-state index in [1.54, 1.807) is 0 Å². The number of carbonyl (C=O) groups is 2. The lowest BCUT2D eigenvalue weighted by Crippen LogP contribution is -2.48. The lowest BCUT2D eigenvalue weighted by atomic mass is 10.1. The van der Waals surface area contributed by atoms with Crippen LogP contribution in [0.1, 0.15) is 38.2 Å². The van der Waals surface area contributed by atoms with Gasteiger partial charge in [-0.15, -0.1) is 0 Å². The molecule has 0 spiro atoms. The van der Waals surface area contributed by atoms with E-state index >= 15 is 0 Å². The van der Waals surface area contributed by atoms with Gasteiger partial charge in [0.2, 0.25) is 11.8 Å². The van der Waals surface area contributed by atoms with Crippen LogP contribution in [0.25, 0.3) is 0 Å². The zero-order valence-corrected chi connectivity index (χ0v) is 18.4. The van der Waals surface area contributed by atoms with Gasteiger partial charge >= 0.3 is 0 Å². The van der Waals surface area contributed by atoms with Gasteiger partial charge in [0.05, 0.1) is 6.61 Å². The van der Waals surface area contributed by atoms with Crippen molar-refractivity contribution in [3.63, 3.8) is 0 Å². The second-order valence-corrected chi connectivity index (χ2v) is 7.90. The molecule has 0 saturated carbocycles. The van der Waals surface area contributed by atoms with E-state index in [2.05, 4.69) is 17.1 Å². The number of carbonyl (C=O) groups excluding carboxylic acids is 2. The molecular weight excluding hydrogens is 390 g/mol. The van der Waals surface area contributed by atoms with Crippen molar-refractivity contribution in [2.75, 3.05) is 43.0 Å². The smallest absolute Gasteiger partial charge is 0.250 e. The number of nitrogens with zero attached hydrogens (tertiary/aromatic N) is 2. The van der Waals surface area contributed by atoms with E-state index in [-0.39, 0.29) is 18.4 Å². The summed E-state index contributed by atoms with van der Waals surface area (Å²) in [6, 6.07) is 17.6. The highest BCUT2D eigenvalue weighted by atomic mass is 16.5. The Labute approximate surface area is 185 Å². The Morgan fingerprint density at radius 2 is 1.65 bits per heavy atom. The molecule has 0 atom stereocenters. The summed E-state index contributed by atoms with van der Waals surface area (Å²) in [4.78, 5) is 28.6. The summed E-state index contributed by atoms with van der Waals surface area (Å²) in [7, 11) is 0. The molecule has 1 saturated heterocycles. The molecule has 0 aromatic heterocycles. The molecule has 6 nitrogen and oxygen atoms in total. The third-order valence-corrected chi connectivity index (χ3v) is 5.49. The van der Waals surface area contributed by atoms with Gasteiger partial charge in [-0.2, -0.15) is 0 Å². The van der Waals surface area contributed by atoms with Crippen molar-refractivity contribution in [3.05, 3.63) is 60.2 Å². The molecule has 6 heteroatoms. The average molecular weight is 424 g/mol. The first-order valence-corrected chi connectivity index (χ1v) is 11.2. The van der Waals surface area contributed by atoms with Crippen LogP contribution in [-0.4, -0.2) is 49.5 Å². The van der Waals surface area contributed by atoms with E-state index < -0.39 is 0 Å². The minimum absolute atomic E-state index is 0.0187. The van der Waals surface area contributed by atoms with Gasteiger partial charge in [0.1, 0.15) is 6.61 Å². The van der Waals surface area contributed by atoms with Crippen LogP contribution in [0.4, 0.5) is 11.4 Å². The first-order chi connectivity index (χ1) is 15.2. The molecule has 1 aliphatic rings. The number of benzene rings is 2. The van der Waals surface area contributed by atoms with Gasteiger partial charge in [-0.05, 0) is 36.2 Å². The Balaban J connectivity index is 1.39. The maximum Gasteiger partial charge on any atom is 0.250 e. The molecule has 0 unspecified atom stereocenters. The molecule has 1 fully saturated rings. The first kappa shape index (κ1) is 22.8. The van der Waals surface area contributed by atoms with Crippen molar-refractivity contribution < 1.29 is 14.3 Å². The second-order valence-electron chi connectivity index (χ2n) is 7.90. The average Bonchev–Trinajstić information content (AvgIpc) is 2.80. The SMILES string of the molecule is CCCCCC(=O)N1CCN(c2ccc(NC(=O)COCc3ccccc3)cc2)CC1. The van der Waals surface area contributed by atoms with Gasteiger partial charge in [-0.1, -0.05) is 50.1 Å². The van der Waals surface area contributed by atoms with E-state index in [1.165, 1.54) is 0 Å². The molecule has 0 radical (unpaired) electrons. The standard InChI is InChI=1S/C25H33N3O3/c1-2-3-5-10-25(30)28-17-15-27(16-18-28)23-13-11-22(12-14-23)26-24(29)20-31-19-21-8-6-4-7-9-21/h4,6-9,11-14H,2-3,5,10,15-20H2,1H3,(H,26,29). The maximum absolute atomic E-state index is 12.3. The normalized spacial score (nSPS) is 13.8. The summed E-state index contributed by atoms with van der Waals surface area (Å²) < 4.78 is 5.48. The minimum Gasteiger partial charge on any atom is -0.368 e. The molecule has 0 bridgehead atoms. The fourth-order valence-corrected chi connectivity index (χ4v) is 3.69. The van der Waals surface area contributed by atoms with Crippen molar-refractivity contribution in [2.24, 2.45) is 0 Å². The van der Waals surface area contributed by atoms with Gasteiger partial charge < -0.3 is 19.9 Å². The lowest BCUT2D eigenvalue weighted by Gasteiger charge is -2.36. The number of ether oxygens (including phenoxy) is 1. The highest BCUT2D eigenvalue weighted by Gasteiger charge is 2.20. The summed E-state index contributed by atoms with van der Waals surface area (Å²) >= 11 is 0. The minimum atomic E-state index is -0.168. The summed E-state index contributed by atoms with van der Waals surface area (Å²) in [6.07, 6.45) is 3.91. The molecule has 1 heterocycles. The predicted octanol–water partition coefficient (Wildman–Crippen LogP) is 4.07. The number of piperazine rings is 1. The molecule has 0 aliphatic carbocycles. The van der Waals surface area contributed by atoms with Crippen LogP contribution in [0.15, 0.2) is 54.6 Å². The third kappa shape index (κ3) is 7.40. The number of anilines is 2. The van der Waals surface area contributed by atoms with Gasteiger partial charge in [0, 0.05) is 44.0 Å². The zero-order chi connectivity index (χ0) is 21.9. The van der Waals surface area contributed by atoms with Crippen molar-refractivity contribution >= 4 is 23.2 Å². The molecule has 2 aromatic rings. The Morgan fingerprint density at radius 3 is 2.32 bits per heavy atom. The summed E-state index contributed by atoms with van der Waals surface area (Å²) in [6.45, 7) is 5.78. The van der Waals surface area contributed by atoms with Crippen LogP contribution in [0.3, 0.4) is 0 Å². The van der Waals surface area contributed by atoms with Crippen LogP contribution in [-0.2, 0) is 20.9 Å². The Morgan fingerprint density at radius 1 is 0.935 bits per heavy atom. The summed E-state index contributed by atoms with van der Waals surface area (Å²) in [5.41, 5.74) is 2.90. The van der Waals surface area contributed by atoms with Crippen molar-refractivity contribution in [2.45, 2.75) is 39.2 Å². The van der Waals surface area contributed by atoms with Crippen LogP contribution in [0.2, 0.25) is 0 Å². The van der Waals surface area contributed by atoms with Gasteiger partial charge in [0.25, 0.3) is 0 Å². The predicted molar refractivity (Wildman–Crippen MR) is 124 cm³/mol.